The van der Waals surface area contributed by atoms with Crippen LogP contribution in [0.5, 0.6) is 0 Å². The number of fused-ring (bicyclic) bond motifs is 6. The van der Waals surface area contributed by atoms with Gasteiger partial charge in [0.05, 0.1) is 22.2 Å². The molecule has 7 aromatic carbocycles. The van der Waals surface area contributed by atoms with Crippen molar-refractivity contribution in [2.24, 2.45) is 0 Å². The maximum absolute atomic E-state index is 9.94. The number of nitriles is 2. The lowest BCUT2D eigenvalue weighted by molar-refractivity contribution is 1.07. The largest absolute Gasteiger partial charge is 0.309 e. The van der Waals surface area contributed by atoms with Crippen LogP contribution >= 0.6 is 11.3 Å². The van der Waals surface area contributed by atoms with E-state index in [9.17, 15) is 10.5 Å². The molecule has 10 rings (SSSR count). The van der Waals surface area contributed by atoms with Gasteiger partial charge in [0.15, 0.2) is 17.5 Å². The van der Waals surface area contributed by atoms with Gasteiger partial charge in [-0.25, -0.2) is 15.0 Å². The highest BCUT2D eigenvalue weighted by Crippen LogP contribution is 2.40. The fourth-order valence-electron chi connectivity index (χ4n) is 7.41. The summed E-state index contributed by atoms with van der Waals surface area (Å²) in [5, 5.41) is 24.1. The molecule has 0 atom stereocenters. The maximum Gasteiger partial charge on any atom is 0.164 e. The molecule has 0 saturated carbocycles. The quantitative estimate of drug-likeness (QED) is 0.178. The summed E-state index contributed by atoms with van der Waals surface area (Å²) in [6, 6.07) is 57.8. The van der Waals surface area contributed by atoms with Crippen LogP contribution in [0.2, 0.25) is 0 Å². The fraction of sp³-hybridized carbons (Fsp3) is 0. The van der Waals surface area contributed by atoms with E-state index in [-0.39, 0.29) is 0 Å². The van der Waals surface area contributed by atoms with E-state index in [0.29, 0.717) is 28.6 Å². The summed E-state index contributed by atoms with van der Waals surface area (Å²) in [5.41, 5.74) is 8.45. The molecule has 0 amide bonds. The van der Waals surface area contributed by atoms with Crippen molar-refractivity contribution in [1.29, 1.82) is 10.5 Å². The molecule has 10 aromatic rings. The van der Waals surface area contributed by atoms with Gasteiger partial charge in [0.2, 0.25) is 0 Å². The summed E-state index contributed by atoms with van der Waals surface area (Å²) >= 11 is 1.75. The van der Waals surface area contributed by atoms with Gasteiger partial charge >= 0.3 is 0 Å². The molecule has 0 fully saturated rings. The number of para-hydroxylation sites is 1. The molecule has 0 aliphatic heterocycles. The first kappa shape index (κ1) is 31.3. The summed E-state index contributed by atoms with van der Waals surface area (Å²) in [5.74, 6) is 1.87. The van der Waals surface area contributed by atoms with Crippen LogP contribution in [-0.4, -0.2) is 19.5 Å². The molecule has 0 saturated heterocycles. The molecular formula is C47H26N6S. The summed E-state index contributed by atoms with van der Waals surface area (Å²) in [4.78, 5) is 14.9. The Hall–Kier alpha value is -7.45. The average Bonchev–Trinajstić information content (AvgIpc) is 3.78. The number of nitrogens with zero attached hydrogens (tertiary/aromatic N) is 6. The van der Waals surface area contributed by atoms with Gasteiger partial charge in [-0.05, 0) is 66.2 Å². The Morgan fingerprint density at radius 2 is 1.04 bits per heavy atom. The summed E-state index contributed by atoms with van der Waals surface area (Å²) in [6.45, 7) is 0. The maximum atomic E-state index is 9.94. The van der Waals surface area contributed by atoms with Gasteiger partial charge in [-0.2, -0.15) is 10.5 Å². The molecule has 3 aromatic heterocycles. The van der Waals surface area contributed by atoms with Gasteiger partial charge in [0.1, 0.15) is 12.1 Å². The average molecular weight is 707 g/mol. The SMILES string of the molecule is N#Cc1cccc(-c2ccc3sc4ccc(-n5c6ccccc6c6cc(-c7nc(-c8ccccc8)nc(-c8ccccc8)n7)ccc65)cc4c3c2)c1C#N. The highest BCUT2D eigenvalue weighted by Gasteiger charge is 2.18. The number of hydrogen-bond acceptors (Lipinski definition) is 6. The Labute approximate surface area is 314 Å². The van der Waals surface area contributed by atoms with Crippen LogP contribution in [0, 0.1) is 22.7 Å². The van der Waals surface area contributed by atoms with Crippen LogP contribution in [0.25, 0.3) is 93.0 Å². The predicted octanol–water partition coefficient (Wildman–Crippen LogP) is 11.7. The molecule has 54 heavy (non-hydrogen) atoms. The first-order valence-corrected chi connectivity index (χ1v) is 18.3. The van der Waals surface area contributed by atoms with Gasteiger partial charge in [-0.1, -0.05) is 97.1 Å². The van der Waals surface area contributed by atoms with Gasteiger partial charge in [-0.15, -0.1) is 11.3 Å². The van der Waals surface area contributed by atoms with E-state index in [1.54, 1.807) is 17.4 Å². The van der Waals surface area contributed by atoms with Crippen molar-refractivity contribution in [3.8, 4) is 63.1 Å². The van der Waals surface area contributed by atoms with Crippen LogP contribution < -0.4 is 0 Å². The lowest BCUT2D eigenvalue weighted by Crippen LogP contribution is -2.00. The molecule has 3 heterocycles. The minimum absolute atomic E-state index is 0.380. The number of aromatic nitrogens is 4. The Morgan fingerprint density at radius 1 is 0.444 bits per heavy atom. The van der Waals surface area contributed by atoms with Crippen LogP contribution in [-0.2, 0) is 0 Å². The number of rotatable bonds is 5. The Kier molecular flexibility index (Phi) is 7.33. The topological polar surface area (TPSA) is 91.2 Å². The van der Waals surface area contributed by atoms with E-state index in [4.69, 9.17) is 15.0 Å². The van der Waals surface area contributed by atoms with E-state index in [1.165, 1.54) is 4.70 Å². The molecule has 250 valence electrons. The molecule has 0 aliphatic rings. The normalized spacial score (nSPS) is 11.3. The molecule has 0 unspecified atom stereocenters. The third-order valence-electron chi connectivity index (χ3n) is 9.95. The van der Waals surface area contributed by atoms with Crippen molar-refractivity contribution in [1.82, 2.24) is 19.5 Å². The molecule has 0 aliphatic carbocycles. The first-order valence-electron chi connectivity index (χ1n) is 17.5. The number of hydrogen-bond donors (Lipinski definition) is 0. The van der Waals surface area contributed by atoms with Crippen molar-refractivity contribution < 1.29 is 0 Å². The van der Waals surface area contributed by atoms with Gasteiger partial charge in [-0.3, -0.25) is 0 Å². The minimum Gasteiger partial charge on any atom is -0.309 e. The summed E-state index contributed by atoms with van der Waals surface area (Å²) < 4.78 is 4.66. The number of benzene rings is 7. The number of thiophene rings is 1. The smallest absolute Gasteiger partial charge is 0.164 e. The molecule has 0 spiro atoms. The van der Waals surface area contributed by atoms with Crippen molar-refractivity contribution in [2.45, 2.75) is 0 Å². The Bertz CT molecular complexity index is 3130. The zero-order valence-electron chi connectivity index (χ0n) is 28.6. The molecule has 0 N–H and O–H groups in total. The molecule has 6 nitrogen and oxygen atoms in total. The van der Waals surface area contributed by atoms with Crippen molar-refractivity contribution in [2.75, 3.05) is 0 Å². The Balaban J connectivity index is 1.14. The van der Waals surface area contributed by atoms with Crippen LogP contribution in [0.1, 0.15) is 11.1 Å². The van der Waals surface area contributed by atoms with Crippen LogP contribution in [0.4, 0.5) is 0 Å². The highest BCUT2D eigenvalue weighted by atomic mass is 32.1. The van der Waals surface area contributed by atoms with Crippen LogP contribution in [0.15, 0.2) is 158 Å². The third-order valence-corrected chi connectivity index (χ3v) is 11.1. The monoisotopic (exact) mass is 706 g/mol. The van der Waals surface area contributed by atoms with E-state index in [1.807, 2.05) is 78.9 Å². The van der Waals surface area contributed by atoms with Crippen molar-refractivity contribution in [3.05, 3.63) is 169 Å². The lowest BCUT2D eigenvalue weighted by Gasteiger charge is -2.10. The summed E-state index contributed by atoms with van der Waals surface area (Å²) in [6.07, 6.45) is 0. The highest BCUT2D eigenvalue weighted by molar-refractivity contribution is 7.25. The minimum atomic E-state index is 0.380. The fourth-order valence-corrected chi connectivity index (χ4v) is 8.47. The lowest BCUT2D eigenvalue weighted by atomic mass is 9.95. The molecule has 0 radical (unpaired) electrons. The van der Waals surface area contributed by atoms with Crippen LogP contribution in [0.3, 0.4) is 0 Å². The second-order valence-corrected chi connectivity index (χ2v) is 14.2. The van der Waals surface area contributed by atoms with E-state index < -0.39 is 0 Å². The predicted molar refractivity (Wildman–Crippen MR) is 218 cm³/mol. The first-order chi connectivity index (χ1) is 26.7. The Morgan fingerprint density at radius 3 is 1.74 bits per heavy atom. The molecule has 7 heteroatoms. The second kappa shape index (κ2) is 12.6. The van der Waals surface area contributed by atoms with E-state index >= 15 is 0 Å². The van der Waals surface area contributed by atoms with Crippen molar-refractivity contribution in [3.63, 3.8) is 0 Å². The van der Waals surface area contributed by atoms with Gasteiger partial charge in [0, 0.05) is 58.9 Å². The second-order valence-electron chi connectivity index (χ2n) is 13.1. The molecule has 0 bridgehead atoms. The summed E-state index contributed by atoms with van der Waals surface area (Å²) in [7, 11) is 0. The third kappa shape index (κ3) is 5.11. The zero-order valence-corrected chi connectivity index (χ0v) is 29.4. The standard InChI is InChI=1S/C47H26N6S/c48-27-33-14-9-16-35(40(33)28-49)31-19-22-43-38(24-31)39-26-34(20-23-44(39)54-43)53-41-17-8-7-15-36(41)37-25-32(18-21-42(37)53)47-51-45(29-10-3-1-4-11-29)50-46(52-47)30-12-5-2-6-13-30/h1-26H. The van der Waals surface area contributed by atoms with Gasteiger partial charge < -0.3 is 4.57 Å². The molecular weight excluding hydrogens is 681 g/mol. The van der Waals surface area contributed by atoms with Crippen molar-refractivity contribution >= 4 is 53.3 Å². The van der Waals surface area contributed by atoms with E-state index in [0.717, 1.165) is 70.8 Å². The zero-order chi connectivity index (χ0) is 36.2. The van der Waals surface area contributed by atoms with E-state index in [2.05, 4.69) is 89.5 Å². The van der Waals surface area contributed by atoms with Gasteiger partial charge in [0.25, 0.3) is 0 Å².